The molecule has 0 aliphatic heterocycles. The Morgan fingerprint density at radius 2 is 1.14 bits per heavy atom. The van der Waals surface area contributed by atoms with Crippen LogP contribution in [0.15, 0.2) is 0 Å². The molecule has 7 heavy (non-hydrogen) atoms. The van der Waals surface area contributed by atoms with Crippen molar-refractivity contribution in [1.82, 2.24) is 0 Å². The van der Waals surface area contributed by atoms with E-state index >= 15 is 0 Å². The molecule has 0 spiro atoms. The van der Waals surface area contributed by atoms with Gasteiger partial charge >= 0.3 is 0 Å². The van der Waals surface area contributed by atoms with Gasteiger partial charge in [-0.2, -0.15) is 0 Å². The lowest BCUT2D eigenvalue weighted by Crippen LogP contribution is -1.84. The molecule has 0 saturated carbocycles. The number of nitrogens with zero attached hydrogens (tertiary/aromatic N) is 1. The molecular weight excluding hydrogens is 102 g/mol. The van der Waals surface area contributed by atoms with Gasteiger partial charge in [0.15, 0.2) is 0 Å². The number of hydrogen-bond acceptors (Lipinski definition) is 1. The molecule has 0 atom stereocenters. The third kappa shape index (κ3) is 913. The fraction of sp³-hybridized carbons (Fsp3) is 0.800. The van der Waals surface area contributed by atoms with Crippen molar-refractivity contribution in [3.05, 3.63) is 0 Å². The molecule has 0 rings (SSSR count). The standard InChI is InChI=1S/C3H10Si.CHN.CH4/c1-4(2)3;1-2;/h4H,1-3H3;1H;1H4. The Bertz CT molecular complexity index is 29.6. The van der Waals surface area contributed by atoms with Crippen molar-refractivity contribution in [3.8, 4) is 6.57 Å². The molecular formula is C5H15NSi. The average Bonchev–Trinajstić information content (AvgIpc) is 1.41. The summed E-state index contributed by atoms with van der Waals surface area (Å²) in [5.41, 5.74) is 0. The zero-order valence-corrected chi connectivity index (χ0v) is 5.76. The van der Waals surface area contributed by atoms with Gasteiger partial charge in [-0.1, -0.05) is 27.1 Å². The van der Waals surface area contributed by atoms with Crippen LogP contribution in [0.1, 0.15) is 7.43 Å². The second kappa shape index (κ2) is 17.3. The fourth-order valence-electron chi connectivity index (χ4n) is 0. The maximum atomic E-state index is 6.50. The van der Waals surface area contributed by atoms with E-state index in [0.29, 0.717) is 0 Å². The van der Waals surface area contributed by atoms with E-state index in [2.05, 4.69) is 26.2 Å². The summed E-state index contributed by atoms with van der Waals surface area (Å²) in [6, 6.07) is 0. The van der Waals surface area contributed by atoms with E-state index in [1.54, 1.807) is 0 Å². The Balaban J connectivity index is -0.0000000480. The van der Waals surface area contributed by atoms with Crippen LogP contribution >= 0.6 is 0 Å². The van der Waals surface area contributed by atoms with Crippen molar-refractivity contribution in [2.75, 3.05) is 0 Å². The van der Waals surface area contributed by atoms with Crippen LogP contribution < -0.4 is 0 Å². The summed E-state index contributed by atoms with van der Waals surface area (Å²) >= 11 is 0. The van der Waals surface area contributed by atoms with Crippen molar-refractivity contribution in [3.63, 3.8) is 0 Å². The minimum Gasteiger partial charge on any atom is -0.202 e. The summed E-state index contributed by atoms with van der Waals surface area (Å²) in [6.45, 7) is 10.4. The van der Waals surface area contributed by atoms with Gasteiger partial charge in [0.1, 0.15) is 0 Å². The molecule has 0 N–H and O–H groups in total. The summed E-state index contributed by atoms with van der Waals surface area (Å²) in [5, 5.41) is 6.50. The van der Waals surface area contributed by atoms with E-state index in [1.165, 1.54) is 0 Å². The van der Waals surface area contributed by atoms with Crippen LogP contribution in [0.5, 0.6) is 0 Å². The maximum Gasteiger partial charge on any atom is 0.0462 e. The highest BCUT2D eigenvalue weighted by atomic mass is 28.3. The van der Waals surface area contributed by atoms with E-state index in [1.807, 2.05) is 0 Å². The van der Waals surface area contributed by atoms with Crippen molar-refractivity contribution < 1.29 is 0 Å². The molecule has 0 unspecified atom stereocenters. The predicted molar refractivity (Wildman–Crippen MR) is 38.1 cm³/mol. The fourth-order valence-corrected chi connectivity index (χ4v) is 0. The van der Waals surface area contributed by atoms with Gasteiger partial charge in [0.2, 0.25) is 0 Å². The molecule has 0 aromatic carbocycles. The van der Waals surface area contributed by atoms with Gasteiger partial charge in [-0.25, -0.2) is 5.26 Å². The Morgan fingerprint density at radius 3 is 1.14 bits per heavy atom. The van der Waals surface area contributed by atoms with Gasteiger partial charge in [0.25, 0.3) is 0 Å². The molecule has 0 aliphatic rings. The third-order valence-corrected chi connectivity index (χ3v) is 0. The van der Waals surface area contributed by atoms with Gasteiger partial charge in [-0.15, -0.1) is 0 Å². The Labute approximate surface area is 48.6 Å². The summed E-state index contributed by atoms with van der Waals surface area (Å²) in [7, 11) is -0.139. The highest BCUT2D eigenvalue weighted by molar-refractivity contribution is 6.54. The first-order valence-corrected chi connectivity index (χ1v) is 5.45. The summed E-state index contributed by atoms with van der Waals surface area (Å²) < 4.78 is 0. The monoisotopic (exact) mass is 117 g/mol. The molecule has 0 fully saturated rings. The molecule has 0 heterocycles. The van der Waals surface area contributed by atoms with Crippen LogP contribution in [0.3, 0.4) is 0 Å². The molecule has 0 aromatic heterocycles. The topological polar surface area (TPSA) is 23.8 Å². The first kappa shape index (κ1) is 15.9. The highest BCUT2D eigenvalue weighted by Gasteiger charge is 1.71. The van der Waals surface area contributed by atoms with Gasteiger partial charge in [-0.05, 0) is 0 Å². The van der Waals surface area contributed by atoms with Crippen LogP contribution in [0, 0.1) is 11.8 Å². The smallest absolute Gasteiger partial charge is 0.0462 e. The summed E-state index contributed by atoms with van der Waals surface area (Å²) in [6.07, 6.45) is 0. The highest BCUT2D eigenvalue weighted by Crippen LogP contribution is 1.68. The molecule has 0 radical (unpaired) electrons. The minimum absolute atomic E-state index is 0. The number of hydrogen-bond donors (Lipinski definition) is 0. The van der Waals surface area contributed by atoms with Gasteiger partial charge in [0, 0.05) is 15.4 Å². The van der Waals surface area contributed by atoms with Crippen molar-refractivity contribution in [1.29, 1.82) is 5.26 Å². The predicted octanol–water partition coefficient (Wildman–Crippen LogP) is 1.88. The van der Waals surface area contributed by atoms with Crippen molar-refractivity contribution in [2.45, 2.75) is 27.1 Å². The third-order valence-electron chi connectivity index (χ3n) is 0. The lowest BCUT2D eigenvalue weighted by Gasteiger charge is -1.75. The molecule has 0 aromatic rings. The van der Waals surface area contributed by atoms with E-state index < -0.39 is 0 Å². The number of rotatable bonds is 0. The Kier molecular flexibility index (Phi) is 39.2. The quantitative estimate of drug-likeness (QED) is 0.444. The largest absolute Gasteiger partial charge is 0.202 e. The molecule has 0 bridgehead atoms. The first-order valence-electron chi connectivity index (χ1n) is 1.99. The lowest BCUT2D eigenvalue weighted by atomic mass is 11.8. The Morgan fingerprint density at radius 1 is 1.14 bits per heavy atom. The molecule has 0 aliphatic carbocycles. The Hall–Kier alpha value is -0.293. The number of nitriles is 1. The molecule has 1 nitrogen and oxygen atoms in total. The maximum absolute atomic E-state index is 6.50. The van der Waals surface area contributed by atoms with Crippen LogP contribution in [0.25, 0.3) is 0 Å². The van der Waals surface area contributed by atoms with E-state index in [-0.39, 0.29) is 16.2 Å². The second-order valence-corrected chi connectivity index (χ2v) is 5.20. The summed E-state index contributed by atoms with van der Waals surface area (Å²) in [5.74, 6) is 0. The van der Waals surface area contributed by atoms with E-state index in [0.717, 1.165) is 0 Å². The zero-order valence-electron chi connectivity index (χ0n) is 4.60. The van der Waals surface area contributed by atoms with Crippen molar-refractivity contribution >= 4 is 8.80 Å². The molecule has 0 amide bonds. The van der Waals surface area contributed by atoms with Crippen LogP contribution in [0.2, 0.25) is 19.6 Å². The van der Waals surface area contributed by atoms with Crippen LogP contribution in [-0.4, -0.2) is 8.80 Å². The lowest BCUT2D eigenvalue weighted by molar-refractivity contribution is 1.58. The van der Waals surface area contributed by atoms with Gasteiger partial charge in [0.05, 0.1) is 0 Å². The molecule has 44 valence electrons. The van der Waals surface area contributed by atoms with E-state index in [4.69, 9.17) is 5.26 Å². The van der Waals surface area contributed by atoms with Crippen molar-refractivity contribution in [2.24, 2.45) is 0 Å². The van der Waals surface area contributed by atoms with E-state index in [9.17, 15) is 0 Å². The summed E-state index contributed by atoms with van der Waals surface area (Å²) in [4.78, 5) is 0. The van der Waals surface area contributed by atoms with Gasteiger partial charge in [-0.3, -0.25) is 0 Å². The second-order valence-electron chi connectivity index (χ2n) is 1.73. The normalized spacial score (nSPS) is 5.43. The SMILES string of the molecule is C.C#N.C[SiH](C)C. The zero-order chi connectivity index (χ0) is 5.58. The van der Waals surface area contributed by atoms with Crippen LogP contribution in [0.4, 0.5) is 0 Å². The molecule has 2 heteroatoms. The molecule has 0 saturated heterocycles. The minimum atomic E-state index is -0.139. The van der Waals surface area contributed by atoms with Gasteiger partial charge < -0.3 is 0 Å². The average molecular weight is 117 g/mol. The van der Waals surface area contributed by atoms with Crippen LogP contribution in [-0.2, 0) is 0 Å². The first-order chi connectivity index (χ1) is 2.73.